The van der Waals surface area contributed by atoms with E-state index in [1.165, 1.54) is 0 Å². The summed E-state index contributed by atoms with van der Waals surface area (Å²) in [5, 5.41) is 0. The maximum absolute atomic E-state index is 2.25. The second-order valence-corrected chi connectivity index (χ2v) is 4.70. The van der Waals surface area contributed by atoms with Crippen molar-refractivity contribution in [2.45, 2.75) is 39.0 Å². The molecule has 0 aromatic rings. The van der Waals surface area contributed by atoms with Crippen LogP contribution < -0.4 is 18.9 Å². The van der Waals surface area contributed by atoms with Crippen molar-refractivity contribution in [3.63, 3.8) is 0 Å². The number of hydrogen-bond acceptors (Lipinski definition) is 0. The summed E-state index contributed by atoms with van der Waals surface area (Å²) in [6.07, 6.45) is 0. The van der Waals surface area contributed by atoms with Crippen molar-refractivity contribution in [1.29, 1.82) is 0 Å². The Morgan fingerprint density at radius 3 is 1.11 bits per heavy atom. The molecule has 0 aliphatic heterocycles. The molecule has 3 radical (unpaired) electrons. The van der Waals surface area contributed by atoms with Crippen LogP contribution in [0.2, 0.25) is 0 Å². The molecule has 3 heteroatoms. The van der Waals surface area contributed by atoms with Gasteiger partial charge in [0.2, 0.25) is 0 Å². The molecule has 0 fully saturated rings. The predicted molar refractivity (Wildman–Crippen MR) is 42.9 cm³/mol. The van der Waals surface area contributed by atoms with Crippen LogP contribution in [0.4, 0.5) is 0 Å². The molecule has 0 atom stereocenters. The molecule has 0 saturated carbocycles. The van der Waals surface area contributed by atoms with E-state index in [1.807, 2.05) is 0 Å². The molecule has 0 spiro atoms. The Hall–Kier alpha value is 1.09. The molecule has 0 unspecified atom stereocenters. The molecular weight excluding hydrogens is 121 g/mol. The Kier molecular flexibility index (Phi) is 16.8. The topological polar surface area (TPSA) is 0 Å². The van der Waals surface area contributed by atoms with E-state index in [9.17, 15) is 0 Å². The standard InChI is InChI=1S/C6H14P.B.Li/c1-5(2)7-6(3)4;;/h5-6H,1-4H3;;/q-1;;+1. The smallest absolute Gasteiger partial charge is 0.534 e. The van der Waals surface area contributed by atoms with Gasteiger partial charge in [-0.05, 0) is 0 Å². The molecule has 0 aromatic heterocycles. The van der Waals surface area contributed by atoms with Crippen LogP contribution in [0.3, 0.4) is 0 Å². The van der Waals surface area contributed by atoms with Crippen LogP contribution in [0, 0.1) is 0 Å². The molecule has 0 heterocycles. The molecule has 0 aliphatic carbocycles. The van der Waals surface area contributed by atoms with Crippen LogP contribution in [0.15, 0.2) is 0 Å². The fourth-order valence-corrected chi connectivity index (χ4v) is 1.79. The zero-order valence-electron chi connectivity index (χ0n) is 7.18. The summed E-state index contributed by atoms with van der Waals surface area (Å²) in [4.78, 5) is 0. The minimum absolute atomic E-state index is 0. The summed E-state index contributed by atoms with van der Waals surface area (Å²) < 4.78 is 0. The van der Waals surface area contributed by atoms with Crippen LogP contribution in [-0.2, 0) is 0 Å². The van der Waals surface area contributed by atoms with Crippen molar-refractivity contribution in [1.82, 2.24) is 0 Å². The van der Waals surface area contributed by atoms with Crippen molar-refractivity contribution in [2.24, 2.45) is 0 Å². The van der Waals surface area contributed by atoms with Gasteiger partial charge in [-0.1, -0.05) is 27.7 Å². The Labute approximate surface area is 75.1 Å². The van der Waals surface area contributed by atoms with Gasteiger partial charge in [-0.25, -0.2) is 0 Å². The van der Waals surface area contributed by atoms with E-state index in [2.05, 4.69) is 27.7 Å². The molecule has 0 amide bonds. The minimum Gasteiger partial charge on any atom is -0.534 e. The maximum atomic E-state index is 2.25. The molecule has 0 nitrogen and oxygen atoms in total. The van der Waals surface area contributed by atoms with Gasteiger partial charge in [0.25, 0.3) is 0 Å². The second-order valence-electron chi connectivity index (χ2n) is 2.34. The monoisotopic (exact) mass is 135 g/mol. The zero-order chi connectivity index (χ0) is 5.86. The zero-order valence-corrected chi connectivity index (χ0v) is 8.07. The van der Waals surface area contributed by atoms with E-state index in [1.54, 1.807) is 8.58 Å². The van der Waals surface area contributed by atoms with Crippen LogP contribution in [0.5, 0.6) is 0 Å². The van der Waals surface area contributed by atoms with Gasteiger partial charge in [-0.15, -0.1) is 0 Å². The summed E-state index contributed by atoms with van der Waals surface area (Å²) >= 11 is 0. The van der Waals surface area contributed by atoms with E-state index in [-0.39, 0.29) is 27.3 Å². The van der Waals surface area contributed by atoms with Gasteiger partial charge in [0, 0.05) is 8.41 Å². The van der Waals surface area contributed by atoms with Crippen molar-refractivity contribution in [3.8, 4) is 0 Å². The van der Waals surface area contributed by atoms with Crippen LogP contribution in [0.25, 0.3) is 0 Å². The van der Waals surface area contributed by atoms with Crippen molar-refractivity contribution < 1.29 is 18.9 Å². The Morgan fingerprint density at radius 1 is 0.889 bits per heavy atom. The van der Waals surface area contributed by atoms with Crippen LogP contribution in [-0.4, -0.2) is 19.7 Å². The predicted octanol–water partition coefficient (Wildman–Crippen LogP) is -0.627. The first-order chi connectivity index (χ1) is 3.13. The second kappa shape index (κ2) is 9.09. The Morgan fingerprint density at radius 2 is 1.11 bits per heavy atom. The summed E-state index contributed by atoms with van der Waals surface area (Å²) in [5.74, 6) is 0. The summed E-state index contributed by atoms with van der Waals surface area (Å²) in [6.45, 7) is 9.01. The molecular formula is C6H14BLiP. The Bertz CT molecular complexity index is 42.3. The van der Waals surface area contributed by atoms with Crippen LogP contribution >= 0.6 is 8.58 Å². The van der Waals surface area contributed by atoms with Crippen molar-refractivity contribution >= 4 is 17.0 Å². The SMILES string of the molecule is CC(C)[P-]C(C)C.[B].[Li+]. The van der Waals surface area contributed by atoms with Gasteiger partial charge >= 0.3 is 18.9 Å². The molecule has 0 aliphatic rings. The van der Waals surface area contributed by atoms with Crippen LogP contribution in [0.1, 0.15) is 27.7 Å². The van der Waals surface area contributed by atoms with Gasteiger partial charge < -0.3 is 8.58 Å². The van der Waals surface area contributed by atoms with Crippen molar-refractivity contribution in [2.75, 3.05) is 0 Å². The van der Waals surface area contributed by atoms with E-state index >= 15 is 0 Å². The van der Waals surface area contributed by atoms with Gasteiger partial charge in [-0.2, -0.15) is 11.3 Å². The first-order valence-corrected chi connectivity index (χ1v) is 3.86. The molecule has 0 bridgehead atoms. The third-order valence-corrected chi connectivity index (χ3v) is 1.79. The summed E-state index contributed by atoms with van der Waals surface area (Å²) in [5.41, 5.74) is 1.69. The van der Waals surface area contributed by atoms with E-state index < -0.39 is 0 Å². The largest absolute Gasteiger partial charge is 1.00 e. The molecule has 47 valence electrons. The van der Waals surface area contributed by atoms with Gasteiger partial charge in [-0.3, -0.25) is 0 Å². The van der Waals surface area contributed by atoms with Crippen molar-refractivity contribution in [3.05, 3.63) is 0 Å². The van der Waals surface area contributed by atoms with E-state index in [0.29, 0.717) is 0 Å². The average Bonchev–Trinajstić information content (AvgIpc) is 1.27. The molecule has 0 aromatic carbocycles. The van der Waals surface area contributed by atoms with E-state index in [0.717, 1.165) is 11.3 Å². The number of hydrogen-bond donors (Lipinski definition) is 0. The quantitative estimate of drug-likeness (QED) is 0.349. The fourth-order valence-electron chi connectivity index (χ4n) is 0.596. The van der Waals surface area contributed by atoms with Gasteiger partial charge in [0.1, 0.15) is 0 Å². The average molecular weight is 135 g/mol. The molecule has 0 N–H and O–H groups in total. The summed E-state index contributed by atoms with van der Waals surface area (Å²) in [7, 11) is 1.58. The normalized spacial score (nSPS) is 8.67. The van der Waals surface area contributed by atoms with Gasteiger partial charge in [0.15, 0.2) is 0 Å². The first kappa shape index (κ1) is 16.6. The molecule has 9 heavy (non-hydrogen) atoms. The van der Waals surface area contributed by atoms with Gasteiger partial charge in [0.05, 0.1) is 0 Å². The Balaban J connectivity index is -0.000000180. The molecule has 0 rings (SSSR count). The minimum atomic E-state index is 0. The molecule has 0 saturated heterocycles. The maximum Gasteiger partial charge on any atom is 1.00 e. The summed E-state index contributed by atoms with van der Waals surface area (Å²) in [6, 6.07) is 0. The first-order valence-electron chi connectivity index (χ1n) is 2.83. The van der Waals surface area contributed by atoms with E-state index in [4.69, 9.17) is 0 Å². The third kappa shape index (κ3) is 17.6. The number of rotatable bonds is 2. The fraction of sp³-hybridized carbons (Fsp3) is 1.00. The third-order valence-electron chi connectivity index (χ3n) is 0.596.